The van der Waals surface area contributed by atoms with Gasteiger partial charge in [-0.15, -0.1) is 0 Å². The van der Waals surface area contributed by atoms with E-state index in [0.717, 1.165) is 39.2 Å². The average Bonchev–Trinajstić information content (AvgIpc) is 3.10. The first-order valence-corrected chi connectivity index (χ1v) is 8.81. The van der Waals surface area contributed by atoms with Gasteiger partial charge in [0.2, 0.25) is 0 Å². The molecule has 6 nitrogen and oxygen atoms in total. The zero-order valence-electron chi connectivity index (χ0n) is 15.5. The number of para-hydroxylation sites is 1. The van der Waals surface area contributed by atoms with E-state index in [2.05, 4.69) is 16.4 Å². The molecule has 0 spiro atoms. The highest BCUT2D eigenvalue weighted by molar-refractivity contribution is 5.87. The fraction of sp³-hybridized carbons (Fsp3) is 0.286. The van der Waals surface area contributed by atoms with E-state index in [9.17, 15) is 4.79 Å². The molecule has 1 aliphatic rings. The van der Waals surface area contributed by atoms with Gasteiger partial charge in [-0.25, -0.2) is 0 Å². The molecule has 2 heterocycles. The number of fused-ring (bicyclic) bond motifs is 3. The summed E-state index contributed by atoms with van der Waals surface area (Å²) in [5.41, 5.74) is 4.09. The molecule has 1 aromatic heterocycles. The molecule has 3 aromatic rings. The molecule has 1 aliphatic heterocycles. The zero-order valence-corrected chi connectivity index (χ0v) is 15.5. The largest absolute Gasteiger partial charge is 0.497 e. The van der Waals surface area contributed by atoms with Gasteiger partial charge in [0.15, 0.2) is 0 Å². The molecule has 140 valence electrons. The van der Waals surface area contributed by atoms with Crippen LogP contribution in [0.15, 0.2) is 42.5 Å². The summed E-state index contributed by atoms with van der Waals surface area (Å²) >= 11 is 0. The van der Waals surface area contributed by atoms with Gasteiger partial charge in [0.25, 0.3) is 0 Å². The Labute approximate surface area is 157 Å². The molecule has 0 aliphatic carbocycles. The quantitative estimate of drug-likeness (QED) is 0.695. The highest BCUT2D eigenvalue weighted by Gasteiger charge is 2.35. The van der Waals surface area contributed by atoms with Crippen molar-refractivity contribution in [1.82, 2.24) is 10.3 Å². The maximum atomic E-state index is 12.3. The van der Waals surface area contributed by atoms with Crippen LogP contribution in [0.1, 0.15) is 22.9 Å². The van der Waals surface area contributed by atoms with Crippen LogP contribution in [0.4, 0.5) is 0 Å². The van der Waals surface area contributed by atoms with Crippen LogP contribution in [0.3, 0.4) is 0 Å². The molecular weight excluding hydrogens is 344 g/mol. The van der Waals surface area contributed by atoms with Gasteiger partial charge in [0, 0.05) is 28.6 Å². The van der Waals surface area contributed by atoms with E-state index in [0.29, 0.717) is 6.42 Å². The molecule has 0 bridgehead atoms. The predicted octanol–water partition coefficient (Wildman–Crippen LogP) is 2.96. The average molecular weight is 366 g/mol. The number of benzene rings is 2. The molecule has 2 N–H and O–H groups in total. The molecule has 4 rings (SSSR count). The first kappa shape index (κ1) is 17.4. The number of carbonyl (C=O) groups is 1. The van der Waals surface area contributed by atoms with E-state index in [1.54, 1.807) is 14.2 Å². The lowest BCUT2D eigenvalue weighted by molar-refractivity contribution is -0.143. The first-order chi connectivity index (χ1) is 13.2. The lowest BCUT2D eigenvalue weighted by Gasteiger charge is -2.31. The molecule has 2 aromatic carbocycles. The van der Waals surface area contributed by atoms with Crippen molar-refractivity contribution in [1.29, 1.82) is 0 Å². The van der Waals surface area contributed by atoms with Gasteiger partial charge < -0.3 is 19.2 Å². The van der Waals surface area contributed by atoms with Crippen molar-refractivity contribution in [3.05, 3.63) is 59.3 Å². The summed E-state index contributed by atoms with van der Waals surface area (Å²) in [7, 11) is 4.68. The Morgan fingerprint density at radius 3 is 2.63 bits per heavy atom. The first-order valence-electron chi connectivity index (χ1n) is 8.81. The van der Waals surface area contributed by atoms with E-state index in [1.807, 2.05) is 36.4 Å². The predicted molar refractivity (Wildman–Crippen MR) is 102 cm³/mol. The maximum absolute atomic E-state index is 12.3. The SMILES string of the molecule is COC(=O)[C@@H]1Cc2c([nH]c3ccccc23)[C@@H](c2cc(OC)ccc2OC)N1. The minimum Gasteiger partial charge on any atom is -0.497 e. The third-order valence-electron chi connectivity index (χ3n) is 5.14. The number of nitrogens with one attached hydrogen (secondary N) is 2. The van der Waals surface area contributed by atoms with Gasteiger partial charge in [-0.2, -0.15) is 0 Å². The fourth-order valence-electron chi connectivity index (χ4n) is 3.84. The zero-order chi connectivity index (χ0) is 19.0. The molecule has 0 unspecified atom stereocenters. The van der Waals surface area contributed by atoms with E-state index in [4.69, 9.17) is 14.2 Å². The van der Waals surface area contributed by atoms with Crippen LogP contribution in [0, 0.1) is 0 Å². The van der Waals surface area contributed by atoms with Crippen molar-refractivity contribution >= 4 is 16.9 Å². The number of methoxy groups -OCH3 is 3. The van der Waals surface area contributed by atoms with Gasteiger partial charge >= 0.3 is 5.97 Å². The number of carbonyl (C=O) groups excluding carboxylic acids is 1. The van der Waals surface area contributed by atoms with E-state index in [-0.39, 0.29) is 12.0 Å². The van der Waals surface area contributed by atoms with Gasteiger partial charge in [-0.1, -0.05) is 18.2 Å². The second-order valence-electron chi connectivity index (χ2n) is 6.55. The third-order valence-corrected chi connectivity index (χ3v) is 5.14. The number of aromatic nitrogens is 1. The molecule has 0 saturated heterocycles. The molecule has 27 heavy (non-hydrogen) atoms. The summed E-state index contributed by atoms with van der Waals surface area (Å²) in [6.45, 7) is 0. The van der Waals surface area contributed by atoms with Gasteiger partial charge in [-0.05, 0) is 29.8 Å². The second kappa shape index (κ2) is 6.96. The third kappa shape index (κ3) is 2.92. The minimum atomic E-state index is -0.442. The van der Waals surface area contributed by atoms with Gasteiger partial charge in [0.05, 0.1) is 27.4 Å². The summed E-state index contributed by atoms with van der Waals surface area (Å²) in [5.74, 6) is 1.17. The van der Waals surface area contributed by atoms with Crippen molar-refractivity contribution in [3.63, 3.8) is 0 Å². The Balaban J connectivity index is 1.91. The smallest absolute Gasteiger partial charge is 0.323 e. The van der Waals surface area contributed by atoms with Crippen LogP contribution >= 0.6 is 0 Å². The normalized spacial score (nSPS) is 18.8. The monoisotopic (exact) mass is 366 g/mol. The van der Waals surface area contributed by atoms with Crippen LogP contribution in [0.25, 0.3) is 10.9 Å². The Bertz CT molecular complexity index is 995. The Kier molecular flexibility index (Phi) is 4.49. The lowest BCUT2D eigenvalue weighted by atomic mass is 9.90. The number of ether oxygens (including phenoxy) is 3. The van der Waals surface area contributed by atoms with Crippen molar-refractivity contribution < 1.29 is 19.0 Å². The summed E-state index contributed by atoms with van der Waals surface area (Å²) in [4.78, 5) is 15.9. The van der Waals surface area contributed by atoms with Crippen molar-refractivity contribution in [2.75, 3.05) is 21.3 Å². The number of hydrogen-bond acceptors (Lipinski definition) is 5. The summed E-state index contributed by atoms with van der Waals surface area (Å²) < 4.78 is 16.0. The van der Waals surface area contributed by atoms with Crippen molar-refractivity contribution in [3.8, 4) is 11.5 Å². The lowest BCUT2D eigenvalue weighted by Crippen LogP contribution is -2.45. The number of esters is 1. The molecule has 0 radical (unpaired) electrons. The molecule has 6 heteroatoms. The molecule has 0 saturated carbocycles. The van der Waals surface area contributed by atoms with Crippen LogP contribution in [-0.2, 0) is 16.0 Å². The minimum absolute atomic E-state index is 0.254. The number of H-pyrrole nitrogens is 1. The Morgan fingerprint density at radius 1 is 1.07 bits per heavy atom. The topological polar surface area (TPSA) is 72.6 Å². The van der Waals surface area contributed by atoms with E-state index < -0.39 is 6.04 Å². The van der Waals surface area contributed by atoms with Crippen LogP contribution in [0.5, 0.6) is 11.5 Å². The summed E-state index contributed by atoms with van der Waals surface area (Å²) in [5, 5.41) is 4.54. The molecule has 2 atom stereocenters. The number of hydrogen-bond donors (Lipinski definition) is 2. The standard InChI is InChI=1S/C21H22N2O4/c1-25-12-8-9-18(26-2)15(10-12)20-19-14(11-17(23-20)21(24)27-3)13-6-4-5-7-16(13)22-19/h4-10,17,20,22-23H,11H2,1-3H3/t17-,20+/m0/s1. The van der Waals surface area contributed by atoms with E-state index in [1.165, 1.54) is 7.11 Å². The second-order valence-corrected chi connectivity index (χ2v) is 6.55. The van der Waals surface area contributed by atoms with E-state index >= 15 is 0 Å². The van der Waals surface area contributed by atoms with Gasteiger partial charge in [0.1, 0.15) is 17.5 Å². The molecule has 0 fully saturated rings. The van der Waals surface area contributed by atoms with Crippen molar-refractivity contribution in [2.45, 2.75) is 18.5 Å². The van der Waals surface area contributed by atoms with Crippen molar-refractivity contribution in [2.24, 2.45) is 0 Å². The van der Waals surface area contributed by atoms with Crippen LogP contribution in [0.2, 0.25) is 0 Å². The maximum Gasteiger partial charge on any atom is 0.323 e. The fourth-order valence-corrected chi connectivity index (χ4v) is 3.84. The number of aromatic amines is 1. The van der Waals surface area contributed by atoms with Crippen LogP contribution < -0.4 is 14.8 Å². The Hall–Kier alpha value is -2.99. The molecular formula is C21H22N2O4. The Morgan fingerprint density at radius 2 is 1.89 bits per heavy atom. The van der Waals surface area contributed by atoms with Crippen LogP contribution in [-0.4, -0.2) is 38.3 Å². The highest BCUT2D eigenvalue weighted by atomic mass is 16.5. The summed E-state index contributed by atoms with van der Waals surface area (Å²) in [6, 6.07) is 13.1. The molecule has 0 amide bonds. The highest BCUT2D eigenvalue weighted by Crippen LogP contribution is 2.39. The van der Waals surface area contributed by atoms with Gasteiger partial charge in [-0.3, -0.25) is 10.1 Å². The summed E-state index contributed by atoms with van der Waals surface area (Å²) in [6.07, 6.45) is 0.564. The number of rotatable bonds is 4.